The molecule has 0 aromatic rings. The average molecular weight is 302 g/mol. The topological polar surface area (TPSA) is 144 Å². The minimum atomic E-state index is -5.20. The Kier molecular flexibility index (Phi) is 5.24. The second kappa shape index (κ2) is 5.12. The van der Waals surface area contributed by atoms with Gasteiger partial charge in [0.25, 0.3) is 5.91 Å². The van der Waals surface area contributed by atoms with Gasteiger partial charge in [-0.2, -0.15) is 0 Å². The lowest BCUT2D eigenvalue weighted by Gasteiger charge is -2.20. The normalized spacial score (nSPS) is 13.3. The number of rotatable bonds is 4. The summed E-state index contributed by atoms with van der Waals surface area (Å²) in [5.74, 6) is -1.31. The van der Waals surface area contributed by atoms with E-state index in [1.807, 2.05) is 0 Å². The molecule has 0 spiro atoms. The first kappa shape index (κ1) is 15.3. The van der Waals surface area contributed by atoms with Gasteiger partial charge in [0.2, 0.25) is 5.52 Å². The Morgan fingerprint density at radius 2 is 1.40 bits per heavy atom. The maximum Gasteiger partial charge on any atom is 0.360 e. The fraction of sp³-hybridized carbons (Fsp3) is 0.667. The predicted octanol–water partition coefficient (Wildman–Crippen LogP) is -0.455. The van der Waals surface area contributed by atoms with Crippen LogP contribution in [0.3, 0.4) is 0 Å². The van der Waals surface area contributed by atoms with Crippen LogP contribution in [0, 0.1) is 0 Å². The van der Waals surface area contributed by atoms with Gasteiger partial charge in [-0.15, -0.1) is 0 Å². The molecule has 0 fully saturated rings. The largest absolute Gasteiger partial charge is 0.360 e. The quantitative estimate of drug-likeness (QED) is 0.349. The second-order valence-corrected chi connectivity index (χ2v) is 7.25. The van der Waals surface area contributed by atoms with Crippen molar-refractivity contribution in [3.63, 3.8) is 0 Å². The van der Waals surface area contributed by atoms with Crippen molar-refractivity contribution in [1.29, 1.82) is 0 Å². The Morgan fingerprint density at radius 1 is 1.07 bits per heavy atom. The molecule has 5 N–H and O–H groups in total. The molecule has 0 saturated heterocycles. The van der Waals surface area contributed by atoms with Gasteiger partial charge in [0, 0.05) is 0 Å². The monoisotopic (exact) mass is 301 g/mol. The highest BCUT2D eigenvalue weighted by atomic mass is 35.5. The Morgan fingerprint density at radius 3 is 1.60 bits per heavy atom. The number of carbonyl (C=O) groups excluding carboxylic acids is 1. The summed E-state index contributed by atoms with van der Waals surface area (Å²) in [6, 6.07) is 0. The fourth-order valence-electron chi connectivity index (χ4n) is 0.554. The zero-order valence-corrected chi connectivity index (χ0v) is 10.1. The Balaban J connectivity index is 4.94. The Labute approximate surface area is 93.9 Å². The predicted molar refractivity (Wildman–Crippen MR) is 51.5 cm³/mol. The van der Waals surface area contributed by atoms with E-state index < -0.39 is 31.5 Å². The lowest BCUT2D eigenvalue weighted by atomic mass is 10.7. The van der Waals surface area contributed by atoms with Crippen LogP contribution in [-0.2, 0) is 13.9 Å². The third-order valence-corrected chi connectivity index (χ3v) is 4.84. The third kappa shape index (κ3) is 5.29. The molecule has 1 amide bonds. The lowest BCUT2D eigenvalue weighted by Crippen LogP contribution is -2.37. The van der Waals surface area contributed by atoms with Crippen molar-refractivity contribution >= 4 is 44.3 Å². The van der Waals surface area contributed by atoms with Crippen LogP contribution < -0.4 is 5.32 Å². The van der Waals surface area contributed by atoms with E-state index in [1.165, 1.54) is 5.32 Å². The summed E-state index contributed by atoms with van der Waals surface area (Å²) >= 11 is 10.0. The fourth-order valence-corrected chi connectivity index (χ4v) is 2.84. The van der Waals surface area contributed by atoms with Crippen LogP contribution in [0.25, 0.3) is 0 Å². The molecular weight excluding hydrogens is 295 g/mol. The van der Waals surface area contributed by atoms with Crippen LogP contribution in [-0.4, -0.2) is 35.8 Å². The van der Waals surface area contributed by atoms with E-state index >= 15 is 0 Å². The van der Waals surface area contributed by atoms with E-state index in [0.717, 1.165) is 0 Å². The molecule has 0 unspecified atom stereocenters. The number of halogens is 2. The molecular formula is C3H7Cl2NO7P2. The second-order valence-electron chi connectivity index (χ2n) is 2.36. The highest BCUT2D eigenvalue weighted by molar-refractivity contribution is 7.70. The molecule has 0 aliphatic rings. The summed E-state index contributed by atoms with van der Waals surface area (Å²) in [7, 11) is -10.4. The van der Waals surface area contributed by atoms with Crippen LogP contribution in [0.5, 0.6) is 0 Å². The molecule has 0 aliphatic heterocycles. The molecule has 0 aromatic heterocycles. The van der Waals surface area contributed by atoms with Crippen molar-refractivity contribution in [3.05, 3.63) is 0 Å². The molecule has 0 saturated carbocycles. The van der Waals surface area contributed by atoms with Gasteiger partial charge in [0.15, 0.2) is 4.84 Å². The summed E-state index contributed by atoms with van der Waals surface area (Å²) in [4.78, 5) is 43.3. The number of carbonyl (C=O) groups is 1. The standard InChI is InChI=1S/C3H7Cl2NO7P2/c4-1(5)2(7)6-3(14(8,9)10)15(11,12)13/h1,3H,(H,6,7)(H2,8,9,10)(H2,11,12,13). The lowest BCUT2D eigenvalue weighted by molar-refractivity contribution is -0.119. The molecule has 15 heavy (non-hydrogen) atoms. The molecule has 12 heteroatoms. The Hall–Kier alpha value is 0.350. The van der Waals surface area contributed by atoms with E-state index in [9.17, 15) is 13.9 Å². The van der Waals surface area contributed by atoms with E-state index in [-0.39, 0.29) is 0 Å². The summed E-state index contributed by atoms with van der Waals surface area (Å²) in [6.07, 6.45) is 0. The minimum absolute atomic E-state index is 1.31. The molecule has 0 aliphatic carbocycles. The van der Waals surface area contributed by atoms with Crippen LogP contribution in [0.2, 0.25) is 0 Å². The average Bonchev–Trinajstić information content (AvgIpc) is 1.94. The van der Waals surface area contributed by atoms with E-state index in [0.29, 0.717) is 0 Å². The SMILES string of the molecule is O=C(NC(P(=O)(O)O)P(=O)(O)O)C(Cl)Cl. The van der Waals surface area contributed by atoms with Gasteiger partial charge in [-0.25, -0.2) is 0 Å². The van der Waals surface area contributed by atoms with Crippen molar-refractivity contribution in [2.45, 2.75) is 10.4 Å². The summed E-state index contributed by atoms with van der Waals surface area (Å²) in [5.41, 5.74) is -2.64. The van der Waals surface area contributed by atoms with Gasteiger partial charge in [-0.05, 0) is 0 Å². The van der Waals surface area contributed by atoms with Crippen LogP contribution >= 0.6 is 38.4 Å². The van der Waals surface area contributed by atoms with Crippen LogP contribution in [0.1, 0.15) is 0 Å². The maximum absolute atomic E-state index is 10.8. The number of hydrogen-bond acceptors (Lipinski definition) is 3. The first-order chi connectivity index (χ1) is 6.46. The molecule has 8 nitrogen and oxygen atoms in total. The molecule has 0 atom stereocenters. The van der Waals surface area contributed by atoms with Crippen molar-refractivity contribution < 1.29 is 33.5 Å². The molecule has 0 aromatic carbocycles. The maximum atomic E-state index is 10.8. The van der Waals surface area contributed by atoms with Gasteiger partial charge in [-0.3, -0.25) is 13.9 Å². The number of hydrogen-bond donors (Lipinski definition) is 5. The molecule has 0 bridgehead atoms. The molecule has 0 radical (unpaired) electrons. The Bertz CT molecular complexity index is 311. The van der Waals surface area contributed by atoms with Gasteiger partial charge >= 0.3 is 15.2 Å². The highest BCUT2D eigenvalue weighted by Crippen LogP contribution is 2.58. The number of alkyl halides is 2. The zero-order chi connectivity index (χ0) is 12.4. The van der Waals surface area contributed by atoms with E-state index in [1.54, 1.807) is 0 Å². The first-order valence-corrected chi connectivity index (χ1v) is 7.39. The van der Waals surface area contributed by atoms with Gasteiger partial charge in [0.1, 0.15) is 0 Å². The van der Waals surface area contributed by atoms with Crippen molar-refractivity contribution in [2.75, 3.05) is 0 Å². The summed E-state index contributed by atoms with van der Waals surface area (Å²) in [5, 5.41) is 1.37. The number of amides is 1. The van der Waals surface area contributed by atoms with Crippen molar-refractivity contribution in [1.82, 2.24) is 5.32 Å². The van der Waals surface area contributed by atoms with Gasteiger partial charge < -0.3 is 24.9 Å². The smallest absolute Gasteiger partial charge is 0.330 e. The third-order valence-electron chi connectivity index (χ3n) is 1.11. The van der Waals surface area contributed by atoms with Crippen LogP contribution in [0.15, 0.2) is 0 Å². The van der Waals surface area contributed by atoms with Crippen LogP contribution in [0.4, 0.5) is 0 Å². The van der Waals surface area contributed by atoms with Gasteiger partial charge in [-0.1, -0.05) is 23.2 Å². The highest BCUT2D eigenvalue weighted by Gasteiger charge is 2.45. The van der Waals surface area contributed by atoms with E-state index in [2.05, 4.69) is 0 Å². The first-order valence-electron chi connectivity index (χ1n) is 3.15. The molecule has 0 rings (SSSR count). The number of nitrogens with one attached hydrogen (secondary N) is 1. The molecule has 0 heterocycles. The van der Waals surface area contributed by atoms with Crippen molar-refractivity contribution in [2.24, 2.45) is 0 Å². The summed E-state index contributed by atoms with van der Waals surface area (Å²) in [6.45, 7) is 0. The van der Waals surface area contributed by atoms with Gasteiger partial charge in [0.05, 0.1) is 0 Å². The minimum Gasteiger partial charge on any atom is -0.330 e. The zero-order valence-electron chi connectivity index (χ0n) is 6.82. The summed E-state index contributed by atoms with van der Waals surface area (Å²) < 4.78 is 21.3. The van der Waals surface area contributed by atoms with E-state index in [4.69, 9.17) is 42.8 Å². The molecule has 90 valence electrons. The van der Waals surface area contributed by atoms with Crippen molar-refractivity contribution in [3.8, 4) is 0 Å².